The maximum Gasteiger partial charge on any atom is 0.321 e. The molecule has 1 aliphatic carbocycles. The molecule has 2 aliphatic heterocycles. The van der Waals surface area contributed by atoms with Gasteiger partial charge in [-0.3, -0.25) is 15.0 Å². The van der Waals surface area contributed by atoms with Gasteiger partial charge in [-0.2, -0.15) is 0 Å². The molecule has 2 N–H and O–H groups in total. The summed E-state index contributed by atoms with van der Waals surface area (Å²) in [7, 11) is 0. The first-order valence-corrected chi connectivity index (χ1v) is 10.9. The van der Waals surface area contributed by atoms with E-state index in [1.54, 1.807) is 0 Å². The van der Waals surface area contributed by atoms with Crippen molar-refractivity contribution < 1.29 is 19.1 Å². The van der Waals surface area contributed by atoms with Crippen molar-refractivity contribution in [3.05, 3.63) is 23.8 Å². The van der Waals surface area contributed by atoms with E-state index in [0.717, 1.165) is 62.1 Å². The molecule has 0 radical (unpaired) electrons. The Morgan fingerprint density at radius 3 is 2.59 bits per heavy atom. The molecule has 2 atom stereocenters. The maximum atomic E-state index is 12.7. The lowest BCUT2D eigenvalue weighted by atomic mass is 9.96. The second-order valence-electron chi connectivity index (χ2n) is 8.27. The maximum absolute atomic E-state index is 12.7. The summed E-state index contributed by atoms with van der Waals surface area (Å²) in [6.45, 7) is 3.83. The highest BCUT2D eigenvalue weighted by molar-refractivity contribution is 5.96. The summed E-state index contributed by atoms with van der Waals surface area (Å²) >= 11 is 0. The molecule has 0 bridgehead atoms. The molecule has 0 spiro atoms. The lowest BCUT2D eigenvalue weighted by Crippen LogP contribution is -2.51. The van der Waals surface area contributed by atoms with Crippen molar-refractivity contribution in [2.45, 2.75) is 70.0 Å². The number of amides is 3. The fraction of sp³-hybridized carbons (Fsp3) is 0.636. The molecule has 1 aromatic rings. The number of hydrogen-bond donors (Lipinski definition) is 2. The third-order valence-electron chi connectivity index (χ3n) is 6.30. The SMILES string of the molecule is C[C@@H](C(=O)NC(=O)NC1CCCCC1)N1CCC[C@@H]1c1ccc2c(c1)OCCO2. The largest absolute Gasteiger partial charge is 0.486 e. The number of imide groups is 1. The minimum Gasteiger partial charge on any atom is -0.486 e. The normalized spacial score (nSPS) is 23.4. The molecule has 1 saturated heterocycles. The van der Waals surface area contributed by atoms with E-state index < -0.39 is 0 Å². The van der Waals surface area contributed by atoms with E-state index >= 15 is 0 Å². The molecule has 3 aliphatic rings. The third kappa shape index (κ3) is 4.66. The molecule has 3 amide bonds. The number of hydrogen-bond acceptors (Lipinski definition) is 5. The zero-order chi connectivity index (χ0) is 20.2. The van der Waals surface area contributed by atoms with Crippen molar-refractivity contribution >= 4 is 11.9 Å². The predicted molar refractivity (Wildman–Crippen MR) is 109 cm³/mol. The number of urea groups is 1. The van der Waals surface area contributed by atoms with Crippen LogP contribution in [0.15, 0.2) is 18.2 Å². The molecule has 2 fully saturated rings. The molecule has 7 heteroatoms. The summed E-state index contributed by atoms with van der Waals surface area (Å²) in [4.78, 5) is 27.2. The Labute approximate surface area is 172 Å². The van der Waals surface area contributed by atoms with Gasteiger partial charge >= 0.3 is 6.03 Å². The highest BCUT2D eigenvalue weighted by Gasteiger charge is 2.34. The van der Waals surface area contributed by atoms with Crippen molar-refractivity contribution in [2.24, 2.45) is 0 Å². The van der Waals surface area contributed by atoms with Gasteiger partial charge < -0.3 is 14.8 Å². The van der Waals surface area contributed by atoms with Crippen LogP contribution in [-0.4, -0.2) is 48.7 Å². The zero-order valence-electron chi connectivity index (χ0n) is 17.1. The number of nitrogens with zero attached hydrogens (tertiary/aromatic N) is 1. The van der Waals surface area contributed by atoms with Crippen molar-refractivity contribution in [3.8, 4) is 11.5 Å². The first kappa shape index (κ1) is 20.0. The average molecular weight is 402 g/mol. The van der Waals surface area contributed by atoms with Crippen molar-refractivity contribution in [3.63, 3.8) is 0 Å². The standard InChI is InChI=1S/C22H31N3O4/c1-15(21(26)24-22(27)23-17-6-3-2-4-7-17)25-11-5-8-18(25)16-9-10-19-20(14-16)29-13-12-28-19/h9-10,14-15,17-18H,2-8,11-13H2,1H3,(H2,23,24,26,27)/t15-,18+/m0/s1. The second kappa shape index (κ2) is 9.03. The minimum absolute atomic E-state index is 0.132. The Morgan fingerprint density at radius 1 is 1.03 bits per heavy atom. The predicted octanol–water partition coefficient (Wildman–Crippen LogP) is 3.14. The van der Waals surface area contributed by atoms with E-state index in [1.165, 1.54) is 6.42 Å². The Kier molecular flexibility index (Phi) is 6.23. The Morgan fingerprint density at radius 2 is 1.79 bits per heavy atom. The van der Waals surface area contributed by atoms with E-state index in [4.69, 9.17) is 9.47 Å². The van der Waals surface area contributed by atoms with Crippen LogP contribution in [-0.2, 0) is 4.79 Å². The number of likely N-dealkylation sites (tertiary alicyclic amines) is 1. The number of carbonyl (C=O) groups is 2. The van der Waals surface area contributed by atoms with E-state index in [9.17, 15) is 9.59 Å². The Hall–Kier alpha value is -2.28. The molecule has 29 heavy (non-hydrogen) atoms. The zero-order valence-corrected chi connectivity index (χ0v) is 17.1. The lowest BCUT2D eigenvalue weighted by Gasteiger charge is -2.31. The van der Waals surface area contributed by atoms with Gasteiger partial charge in [0, 0.05) is 12.1 Å². The summed E-state index contributed by atoms with van der Waals surface area (Å²) < 4.78 is 11.3. The number of benzene rings is 1. The van der Waals surface area contributed by atoms with Crippen LogP contribution in [0.5, 0.6) is 11.5 Å². The topological polar surface area (TPSA) is 79.9 Å². The van der Waals surface area contributed by atoms with Crippen LogP contribution in [0.4, 0.5) is 4.79 Å². The van der Waals surface area contributed by atoms with Gasteiger partial charge in [-0.1, -0.05) is 25.3 Å². The fourth-order valence-electron chi connectivity index (χ4n) is 4.71. The van der Waals surface area contributed by atoms with Crippen LogP contribution >= 0.6 is 0 Å². The number of fused-ring (bicyclic) bond motifs is 1. The highest BCUT2D eigenvalue weighted by atomic mass is 16.6. The third-order valence-corrected chi connectivity index (χ3v) is 6.30. The van der Waals surface area contributed by atoms with Crippen LogP contribution in [0.2, 0.25) is 0 Å². The summed E-state index contributed by atoms with van der Waals surface area (Å²) in [5, 5.41) is 5.50. The second-order valence-corrected chi connectivity index (χ2v) is 8.27. The summed E-state index contributed by atoms with van der Waals surface area (Å²) in [5.74, 6) is 1.29. The van der Waals surface area contributed by atoms with Crippen LogP contribution in [0, 0.1) is 0 Å². The van der Waals surface area contributed by atoms with Gasteiger partial charge in [-0.05, 0) is 56.8 Å². The van der Waals surface area contributed by atoms with Gasteiger partial charge in [0.15, 0.2) is 11.5 Å². The molecule has 7 nitrogen and oxygen atoms in total. The molecular weight excluding hydrogens is 370 g/mol. The van der Waals surface area contributed by atoms with Crippen molar-refractivity contribution in [2.75, 3.05) is 19.8 Å². The average Bonchev–Trinajstić information content (AvgIpc) is 3.23. The van der Waals surface area contributed by atoms with Gasteiger partial charge in [0.1, 0.15) is 13.2 Å². The summed E-state index contributed by atoms with van der Waals surface area (Å²) in [6, 6.07) is 5.59. The van der Waals surface area contributed by atoms with Gasteiger partial charge in [-0.25, -0.2) is 4.79 Å². The van der Waals surface area contributed by atoms with Crippen LogP contribution in [0.3, 0.4) is 0 Å². The highest BCUT2D eigenvalue weighted by Crippen LogP contribution is 2.38. The van der Waals surface area contributed by atoms with Crippen molar-refractivity contribution in [1.82, 2.24) is 15.5 Å². The minimum atomic E-state index is -0.382. The van der Waals surface area contributed by atoms with E-state index in [1.807, 2.05) is 19.1 Å². The van der Waals surface area contributed by atoms with Gasteiger partial charge in [0.2, 0.25) is 5.91 Å². The molecule has 0 aromatic heterocycles. The molecular formula is C22H31N3O4. The first-order chi connectivity index (χ1) is 14.1. The monoisotopic (exact) mass is 401 g/mol. The Balaban J connectivity index is 1.37. The van der Waals surface area contributed by atoms with Gasteiger partial charge in [0.05, 0.1) is 6.04 Å². The van der Waals surface area contributed by atoms with E-state index in [0.29, 0.717) is 13.2 Å². The van der Waals surface area contributed by atoms with Gasteiger partial charge in [-0.15, -0.1) is 0 Å². The van der Waals surface area contributed by atoms with Crippen LogP contribution < -0.4 is 20.1 Å². The van der Waals surface area contributed by atoms with Crippen molar-refractivity contribution in [1.29, 1.82) is 0 Å². The molecule has 1 aromatic carbocycles. The summed E-state index contributed by atoms with van der Waals surface area (Å²) in [5.41, 5.74) is 1.12. The number of nitrogens with one attached hydrogen (secondary N) is 2. The quantitative estimate of drug-likeness (QED) is 0.810. The van der Waals surface area contributed by atoms with E-state index in [2.05, 4.69) is 21.6 Å². The molecule has 158 valence electrons. The molecule has 0 unspecified atom stereocenters. The molecule has 1 saturated carbocycles. The lowest BCUT2D eigenvalue weighted by molar-refractivity contribution is -0.125. The molecule has 4 rings (SSSR count). The number of ether oxygens (including phenoxy) is 2. The molecule has 2 heterocycles. The van der Waals surface area contributed by atoms with E-state index in [-0.39, 0.29) is 30.1 Å². The van der Waals surface area contributed by atoms with Crippen LogP contribution in [0.1, 0.15) is 63.5 Å². The summed E-state index contributed by atoms with van der Waals surface area (Å²) in [6.07, 6.45) is 7.49. The first-order valence-electron chi connectivity index (χ1n) is 10.9. The number of rotatable bonds is 4. The van der Waals surface area contributed by atoms with Gasteiger partial charge in [0.25, 0.3) is 0 Å². The smallest absolute Gasteiger partial charge is 0.321 e. The number of carbonyl (C=O) groups excluding carboxylic acids is 2. The fourth-order valence-corrected chi connectivity index (χ4v) is 4.71. The Bertz CT molecular complexity index is 748. The van der Waals surface area contributed by atoms with Crippen LogP contribution in [0.25, 0.3) is 0 Å².